The molecule has 0 unspecified atom stereocenters. The number of ether oxygens (including phenoxy) is 1. The minimum absolute atomic E-state index is 0.0373. The van der Waals surface area contributed by atoms with Crippen LogP contribution in [0.1, 0.15) is 106 Å². The number of carbonyl (C=O) groups is 1. The third kappa shape index (κ3) is 2.45. The van der Waals surface area contributed by atoms with E-state index in [0.29, 0.717) is 35.5 Å². The highest BCUT2D eigenvalue weighted by atomic mass is 16.5. The van der Waals surface area contributed by atoms with Crippen LogP contribution in [0.3, 0.4) is 0 Å². The molecule has 1 aliphatic heterocycles. The normalized spacial score (nSPS) is 61.3. The van der Waals surface area contributed by atoms with Crippen molar-refractivity contribution in [2.24, 2.45) is 62.6 Å². The van der Waals surface area contributed by atoms with Gasteiger partial charge in [-0.1, -0.05) is 48.5 Å². The number of carbonyl (C=O) groups excluding carboxylic acids is 1. The molecule has 2 bridgehead atoms. The second kappa shape index (κ2) is 6.60. The van der Waals surface area contributed by atoms with Crippen LogP contribution in [0.4, 0.5) is 0 Å². The maximum atomic E-state index is 13.7. The van der Waals surface area contributed by atoms with Gasteiger partial charge in [0.15, 0.2) is 0 Å². The predicted octanol–water partition coefficient (Wildman–Crippen LogP) is 6.62. The Morgan fingerprint density at radius 3 is 2.27 bits per heavy atom. The molecular weight excluding hydrogens is 408 g/mol. The number of rotatable bonds is 0. The molecule has 5 aliphatic carbocycles. The topological polar surface area (TPSA) is 46.5 Å². The standard InChI is InChI=1S/C30H48O3/c1-17-8-13-30-15-14-29(7)24(23(30)18(17)2)19(33-25(30)32)16-21-27(5)11-10-22(31)26(3,4)20(27)9-12-28(21,29)6/h17-24,31H,8-16H2,1-7H3/t17-,18+,19+,20+,21+,22+,23-,24+,27-,28-,29+,30+/m0/s1. The van der Waals surface area contributed by atoms with Gasteiger partial charge in [0.2, 0.25) is 0 Å². The van der Waals surface area contributed by atoms with Crippen LogP contribution in [0.25, 0.3) is 0 Å². The number of aliphatic hydroxyl groups excluding tert-OH is 1. The fourth-order valence-electron chi connectivity index (χ4n) is 11.9. The lowest BCUT2D eigenvalue weighted by Gasteiger charge is -2.76. The van der Waals surface area contributed by atoms with Crippen molar-refractivity contribution in [3.63, 3.8) is 0 Å². The molecule has 3 heteroatoms. The molecule has 33 heavy (non-hydrogen) atoms. The summed E-state index contributed by atoms with van der Waals surface area (Å²) in [6.45, 7) is 17.3. The van der Waals surface area contributed by atoms with E-state index in [0.717, 1.165) is 32.1 Å². The molecule has 1 heterocycles. The predicted molar refractivity (Wildman–Crippen MR) is 130 cm³/mol. The molecule has 3 nitrogen and oxygen atoms in total. The van der Waals surface area contributed by atoms with Crippen molar-refractivity contribution in [2.75, 3.05) is 0 Å². The Labute approximate surface area is 201 Å². The SMILES string of the molecule is C[C@H]1[C@H]2[C@H]3[C@H]4C[C@@H]5[C@@]6(C)CC[C@@H](O)C(C)(C)[C@H]6CC[C@]5(C)[C@]3(C)CC[C@@]2(CC[C@@H]1C)C(=O)O4. The molecule has 186 valence electrons. The summed E-state index contributed by atoms with van der Waals surface area (Å²) in [4.78, 5) is 13.7. The second-order valence-electron chi connectivity index (χ2n) is 15.1. The monoisotopic (exact) mass is 456 g/mol. The van der Waals surface area contributed by atoms with Crippen LogP contribution in [0.15, 0.2) is 0 Å². The second-order valence-corrected chi connectivity index (χ2v) is 15.1. The third-order valence-corrected chi connectivity index (χ3v) is 14.2. The van der Waals surface area contributed by atoms with Gasteiger partial charge in [-0.05, 0) is 109 Å². The summed E-state index contributed by atoms with van der Waals surface area (Å²) >= 11 is 0. The van der Waals surface area contributed by atoms with E-state index in [2.05, 4.69) is 48.5 Å². The van der Waals surface area contributed by atoms with E-state index in [4.69, 9.17) is 4.74 Å². The highest BCUT2D eigenvalue weighted by molar-refractivity contribution is 5.79. The first-order valence-electron chi connectivity index (χ1n) is 14.2. The Morgan fingerprint density at radius 1 is 0.818 bits per heavy atom. The third-order valence-electron chi connectivity index (χ3n) is 14.2. The van der Waals surface area contributed by atoms with E-state index in [1.807, 2.05) is 0 Å². The lowest BCUT2D eigenvalue weighted by atomic mass is 9.30. The average molecular weight is 457 g/mol. The van der Waals surface area contributed by atoms with E-state index >= 15 is 0 Å². The molecule has 0 amide bonds. The van der Waals surface area contributed by atoms with Crippen LogP contribution >= 0.6 is 0 Å². The zero-order chi connectivity index (χ0) is 23.8. The number of hydrogen-bond donors (Lipinski definition) is 1. The molecule has 0 aromatic carbocycles. The van der Waals surface area contributed by atoms with Gasteiger partial charge in [0.1, 0.15) is 6.10 Å². The first kappa shape index (κ1) is 22.9. The van der Waals surface area contributed by atoms with Crippen LogP contribution in [-0.2, 0) is 9.53 Å². The van der Waals surface area contributed by atoms with E-state index in [1.165, 1.54) is 25.7 Å². The fourth-order valence-corrected chi connectivity index (χ4v) is 11.9. The van der Waals surface area contributed by atoms with Crippen molar-refractivity contribution in [1.82, 2.24) is 0 Å². The fraction of sp³-hybridized carbons (Fsp3) is 0.967. The van der Waals surface area contributed by atoms with Crippen molar-refractivity contribution >= 4 is 5.97 Å². The van der Waals surface area contributed by atoms with E-state index in [1.54, 1.807) is 0 Å². The number of hydrogen-bond acceptors (Lipinski definition) is 3. The van der Waals surface area contributed by atoms with Gasteiger partial charge < -0.3 is 9.84 Å². The average Bonchev–Trinajstić information content (AvgIpc) is 2.75. The van der Waals surface area contributed by atoms with Crippen molar-refractivity contribution in [3.8, 4) is 0 Å². The molecule has 1 N–H and O–H groups in total. The zero-order valence-electron chi connectivity index (χ0n) is 22.2. The molecular formula is C30H48O3. The summed E-state index contributed by atoms with van der Waals surface area (Å²) in [6, 6.07) is 0. The van der Waals surface area contributed by atoms with Gasteiger partial charge in [0.25, 0.3) is 0 Å². The van der Waals surface area contributed by atoms with E-state index in [9.17, 15) is 9.90 Å². The summed E-state index contributed by atoms with van der Waals surface area (Å²) in [6.07, 6.45) is 9.95. The van der Waals surface area contributed by atoms with E-state index < -0.39 is 0 Å². The molecule has 1 saturated heterocycles. The Balaban J connectivity index is 1.47. The number of fused-ring (bicyclic) bond motifs is 4. The van der Waals surface area contributed by atoms with Crippen LogP contribution in [-0.4, -0.2) is 23.3 Å². The first-order valence-corrected chi connectivity index (χ1v) is 14.2. The molecule has 6 aliphatic rings. The van der Waals surface area contributed by atoms with Crippen LogP contribution in [0.2, 0.25) is 0 Å². The van der Waals surface area contributed by atoms with Gasteiger partial charge in [-0.25, -0.2) is 0 Å². The van der Waals surface area contributed by atoms with Crippen molar-refractivity contribution in [1.29, 1.82) is 0 Å². The molecule has 0 aromatic rings. The Hall–Kier alpha value is -0.570. The summed E-state index contributed by atoms with van der Waals surface area (Å²) in [7, 11) is 0. The first-order chi connectivity index (χ1) is 15.3. The summed E-state index contributed by atoms with van der Waals surface area (Å²) in [5, 5.41) is 10.9. The van der Waals surface area contributed by atoms with Crippen LogP contribution in [0, 0.1) is 62.6 Å². The van der Waals surface area contributed by atoms with Gasteiger partial charge in [0, 0.05) is 5.92 Å². The molecule has 0 radical (unpaired) electrons. The Kier molecular flexibility index (Phi) is 4.57. The minimum Gasteiger partial charge on any atom is -0.462 e. The maximum absolute atomic E-state index is 13.7. The Morgan fingerprint density at radius 2 is 1.55 bits per heavy atom. The number of aliphatic hydroxyl groups is 1. The van der Waals surface area contributed by atoms with Crippen LogP contribution < -0.4 is 0 Å². The smallest absolute Gasteiger partial charge is 0.312 e. The highest BCUT2D eigenvalue weighted by Crippen LogP contribution is 2.78. The van der Waals surface area contributed by atoms with Gasteiger partial charge in [-0.2, -0.15) is 0 Å². The molecule has 5 saturated carbocycles. The lowest BCUT2D eigenvalue weighted by molar-refractivity contribution is -0.305. The minimum atomic E-state index is -0.201. The van der Waals surface area contributed by atoms with Gasteiger partial charge in [0.05, 0.1) is 11.5 Å². The van der Waals surface area contributed by atoms with Crippen molar-refractivity contribution in [2.45, 2.75) is 118 Å². The molecule has 12 atom stereocenters. The summed E-state index contributed by atoms with van der Waals surface area (Å²) in [5.74, 6) is 3.60. The highest BCUT2D eigenvalue weighted by Gasteiger charge is 2.75. The van der Waals surface area contributed by atoms with Crippen molar-refractivity contribution in [3.05, 3.63) is 0 Å². The largest absolute Gasteiger partial charge is 0.462 e. The maximum Gasteiger partial charge on any atom is 0.312 e. The molecule has 0 spiro atoms. The zero-order valence-corrected chi connectivity index (χ0v) is 22.2. The molecule has 0 aromatic heterocycles. The quantitative estimate of drug-likeness (QED) is 0.417. The molecule has 6 rings (SSSR count). The van der Waals surface area contributed by atoms with Gasteiger partial charge in [-0.15, -0.1) is 0 Å². The lowest BCUT2D eigenvalue weighted by Crippen LogP contribution is -2.73. The van der Waals surface area contributed by atoms with E-state index in [-0.39, 0.29) is 45.3 Å². The Bertz CT molecular complexity index is 865. The molecule has 6 fully saturated rings. The van der Waals surface area contributed by atoms with Crippen molar-refractivity contribution < 1.29 is 14.6 Å². The summed E-state index contributed by atoms with van der Waals surface area (Å²) in [5.41, 5.74) is 0.495. The summed E-state index contributed by atoms with van der Waals surface area (Å²) < 4.78 is 6.54. The van der Waals surface area contributed by atoms with Gasteiger partial charge in [-0.3, -0.25) is 4.79 Å². The number of esters is 1. The van der Waals surface area contributed by atoms with Crippen LogP contribution in [0.5, 0.6) is 0 Å². The van der Waals surface area contributed by atoms with Gasteiger partial charge >= 0.3 is 5.97 Å².